The molecule has 2 aliphatic rings. The number of halogens is 1. The molecule has 3 aromatic carbocycles. The van der Waals surface area contributed by atoms with Crippen molar-refractivity contribution in [3.63, 3.8) is 0 Å². The van der Waals surface area contributed by atoms with Crippen molar-refractivity contribution in [2.24, 2.45) is 5.92 Å². The molecule has 12 heteroatoms. The number of sulfonamides is 1. The third-order valence-electron chi connectivity index (χ3n) is 7.67. The molecule has 0 fully saturated rings. The number of nitrogens with zero attached hydrogens (tertiary/aromatic N) is 2. The number of amides is 1. The van der Waals surface area contributed by atoms with E-state index in [4.69, 9.17) is 14.2 Å². The lowest BCUT2D eigenvalue weighted by molar-refractivity contribution is -0.134. The molecule has 0 saturated carbocycles. The second-order valence-corrected chi connectivity index (χ2v) is 12.8. The van der Waals surface area contributed by atoms with Crippen LogP contribution in [0.15, 0.2) is 65.6 Å². The van der Waals surface area contributed by atoms with E-state index in [1.165, 1.54) is 12.1 Å². The molecule has 2 N–H and O–H groups in total. The Hall–Kier alpha value is -3.87. The van der Waals surface area contributed by atoms with Gasteiger partial charge in [0, 0.05) is 36.8 Å². The van der Waals surface area contributed by atoms with Gasteiger partial charge in [-0.05, 0) is 74.1 Å². The molecule has 1 amide bonds. The number of hydrogen-bond donors (Lipinski definition) is 2. The van der Waals surface area contributed by atoms with Gasteiger partial charge in [0.25, 0.3) is 10.0 Å². The molecule has 43 heavy (non-hydrogen) atoms. The van der Waals surface area contributed by atoms with Crippen molar-refractivity contribution in [2.45, 2.75) is 43.9 Å². The first kappa shape index (κ1) is 30.6. The maximum Gasteiger partial charge on any atom is 0.261 e. The molecule has 0 aliphatic carbocycles. The lowest BCUT2D eigenvalue weighted by Crippen LogP contribution is -2.47. The quantitative estimate of drug-likeness (QED) is 0.376. The highest BCUT2D eigenvalue weighted by Gasteiger charge is 2.31. The Labute approximate surface area is 251 Å². The maximum atomic E-state index is 13.5. The molecule has 0 unspecified atom stereocenters. The van der Waals surface area contributed by atoms with Crippen molar-refractivity contribution >= 4 is 21.6 Å². The monoisotopic (exact) mass is 613 g/mol. The maximum absolute atomic E-state index is 13.5. The van der Waals surface area contributed by atoms with Crippen molar-refractivity contribution in [3.05, 3.63) is 77.6 Å². The smallest absolute Gasteiger partial charge is 0.261 e. The fourth-order valence-electron chi connectivity index (χ4n) is 5.26. The number of benzene rings is 3. The van der Waals surface area contributed by atoms with E-state index >= 15 is 0 Å². The fourth-order valence-corrected chi connectivity index (χ4v) is 6.31. The normalized spacial score (nSPS) is 19.2. The van der Waals surface area contributed by atoms with Gasteiger partial charge in [-0.2, -0.15) is 0 Å². The first-order chi connectivity index (χ1) is 20.5. The molecule has 0 bridgehead atoms. The molecule has 230 valence electrons. The van der Waals surface area contributed by atoms with Crippen LogP contribution in [0, 0.1) is 11.7 Å². The largest absolute Gasteiger partial charge is 0.488 e. The molecule has 10 nitrogen and oxygen atoms in total. The van der Waals surface area contributed by atoms with Crippen molar-refractivity contribution in [1.29, 1.82) is 0 Å². The number of aliphatic hydroxyl groups is 1. The molecule has 5 rings (SSSR count). The van der Waals surface area contributed by atoms with Crippen LogP contribution in [-0.4, -0.2) is 74.9 Å². The fraction of sp³-hybridized carbons (Fsp3) is 0.387. The van der Waals surface area contributed by atoms with Crippen molar-refractivity contribution in [3.8, 4) is 17.2 Å². The Balaban J connectivity index is 1.40. The van der Waals surface area contributed by atoms with Crippen LogP contribution in [0.1, 0.15) is 25.0 Å². The topological polar surface area (TPSA) is 118 Å². The number of hydrogen-bond acceptors (Lipinski definition) is 8. The van der Waals surface area contributed by atoms with Crippen LogP contribution in [0.3, 0.4) is 0 Å². The molecule has 0 aromatic heterocycles. The summed E-state index contributed by atoms with van der Waals surface area (Å²) in [6.45, 7) is 5.34. The first-order valence-corrected chi connectivity index (χ1v) is 15.6. The minimum absolute atomic E-state index is 0.0434. The van der Waals surface area contributed by atoms with Crippen LogP contribution < -0.4 is 18.9 Å². The van der Waals surface area contributed by atoms with Crippen LogP contribution >= 0.6 is 0 Å². The highest BCUT2D eigenvalue weighted by atomic mass is 32.2. The molecule has 3 atom stereocenters. The number of likely N-dealkylation sites (N-methyl/N-ethyl adjacent to an activating group) is 1. The van der Waals surface area contributed by atoms with E-state index in [1.807, 2.05) is 32.2 Å². The standard InChI is InChI=1S/C31H36FN3O7S/c1-20-15-35(21(2)18-36)31(37)14-23-13-25(33-43(38,39)26-8-5-24(32)6-9-26)7-11-27(23)42-30(20)17-34(3)16-22-4-10-28-29(12-22)41-19-40-28/h4-13,20-21,30,33,36H,14-19H2,1-3H3/t20-,21+,30-/m1/s1. The van der Waals surface area contributed by atoms with Crippen molar-refractivity contribution < 1.29 is 36.9 Å². The summed E-state index contributed by atoms with van der Waals surface area (Å²) in [6.07, 6.45) is -0.378. The molecule has 2 aliphatic heterocycles. The Morgan fingerprint density at radius 1 is 1.07 bits per heavy atom. The van der Waals surface area contributed by atoms with E-state index in [9.17, 15) is 22.7 Å². The zero-order valence-corrected chi connectivity index (χ0v) is 25.1. The lowest BCUT2D eigenvalue weighted by atomic mass is 10.0. The van der Waals surface area contributed by atoms with Gasteiger partial charge in [0.1, 0.15) is 17.7 Å². The van der Waals surface area contributed by atoms with Gasteiger partial charge in [-0.1, -0.05) is 13.0 Å². The summed E-state index contributed by atoms with van der Waals surface area (Å²) in [5, 5.41) is 9.91. The predicted molar refractivity (Wildman–Crippen MR) is 158 cm³/mol. The average Bonchev–Trinajstić information content (AvgIpc) is 3.45. The number of rotatable bonds is 9. The first-order valence-electron chi connectivity index (χ1n) is 14.1. The zero-order valence-electron chi connectivity index (χ0n) is 24.3. The van der Waals surface area contributed by atoms with E-state index in [0.717, 1.165) is 23.4 Å². The molecule has 3 aromatic rings. The Bertz CT molecular complexity index is 1570. The number of carbonyl (C=O) groups excluding carboxylic acids is 1. The van der Waals surface area contributed by atoms with Gasteiger partial charge in [0.15, 0.2) is 11.5 Å². The van der Waals surface area contributed by atoms with E-state index in [-0.39, 0.29) is 48.3 Å². The second kappa shape index (κ2) is 12.8. The number of anilines is 1. The minimum atomic E-state index is -4.00. The van der Waals surface area contributed by atoms with Gasteiger partial charge in [0.05, 0.1) is 24.0 Å². The lowest BCUT2D eigenvalue weighted by Gasteiger charge is -2.34. The number of ether oxygens (including phenoxy) is 3. The highest BCUT2D eigenvalue weighted by molar-refractivity contribution is 7.92. The summed E-state index contributed by atoms with van der Waals surface area (Å²) in [6, 6.07) is 14.8. The van der Waals surface area contributed by atoms with Crippen LogP contribution in [0.4, 0.5) is 10.1 Å². The molecule has 0 spiro atoms. The van der Waals surface area contributed by atoms with Crippen LogP contribution in [0.5, 0.6) is 17.2 Å². The van der Waals surface area contributed by atoms with Crippen molar-refractivity contribution in [1.82, 2.24) is 9.80 Å². The van der Waals surface area contributed by atoms with E-state index in [2.05, 4.69) is 9.62 Å². The van der Waals surface area contributed by atoms with Crippen molar-refractivity contribution in [2.75, 3.05) is 38.3 Å². The van der Waals surface area contributed by atoms with Gasteiger partial charge in [-0.3, -0.25) is 14.4 Å². The molecule has 0 radical (unpaired) electrons. The number of nitrogens with one attached hydrogen (secondary N) is 1. The average molecular weight is 614 g/mol. The minimum Gasteiger partial charge on any atom is -0.488 e. The van der Waals surface area contributed by atoms with Gasteiger partial charge in [-0.15, -0.1) is 0 Å². The highest BCUT2D eigenvalue weighted by Crippen LogP contribution is 2.33. The zero-order chi connectivity index (χ0) is 30.7. The number of aliphatic hydroxyl groups excluding tert-OH is 1. The van der Waals surface area contributed by atoms with Gasteiger partial charge in [-0.25, -0.2) is 12.8 Å². The van der Waals surface area contributed by atoms with Crippen LogP contribution in [-0.2, 0) is 27.8 Å². The summed E-state index contributed by atoms with van der Waals surface area (Å²) >= 11 is 0. The Kier molecular flexibility index (Phi) is 9.09. The van der Waals surface area contributed by atoms with Crippen LogP contribution in [0.2, 0.25) is 0 Å². The Morgan fingerprint density at radius 2 is 1.79 bits per heavy atom. The predicted octanol–water partition coefficient (Wildman–Crippen LogP) is 3.64. The summed E-state index contributed by atoms with van der Waals surface area (Å²) in [7, 11) is -2.01. The molecular formula is C31H36FN3O7S. The molecular weight excluding hydrogens is 577 g/mol. The third-order valence-corrected chi connectivity index (χ3v) is 9.07. The van der Waals surface area contributed by atoms with E-state index < -0.39 is 21.9 Å². The van der Waals surface area contributed by atoms with E-state index in [0.29, 0.717) is 36.7 Å². The number of fused-ring (bicyclic) bond motifs is 2. The van der Waals surface area contributed by atoms with E-state index in [1.54, 1.807) is 30.0 Å². The SMILES string of the molecule is C[C@@H]1CN([C@@H](C)CO)C(=O)Cc2cc(NS(=O)(=O)c3ccc(F)cc3)ccc2O[C@@H]1CN(C)Cc1ccc2c(c1)OCO2. The summed E-state index contributed by atoms with van der Waals surface area (Å²) < 4.78 is 59.2. The second-order valence-electron chi connectivity index (χ2n) is 11.2. The summed E-state index contributed by atoms with van der Waals surface area (Å²) in [5.41, 5.74) is 1.80. The number of carbonyl (C=O) groups is 1. The third kappa shape index (κ3) is 7.20. The summed E-state index contributed by atoms with van der Waals surface area (Å²) in [4.78, 5) is 17.2. The summed E-state index contributed by atoms with van der Waals surface area (Å²) in [5.74, 6) is 1.07. The van der Waals surface area contributed by atoms with Crippen LogP contribution in [0.25, 0.3) is 0 Å². The van der Waals surface area contributed by atoms with Gasteiger partial charge >= 0.3 is 0 Å². The Morgan fingerprint density at radius 3 is 2.53 bits per heavy atom. The van der Waals surface area contributed by atoms with Gasteiger partial charge < -0.3 is 24.2 Å². The van der Waals surface area contributed by atoms with Gasteiger partial charge in [0.2, 0.25) is 12.7 Å². The molecule has 0 saturated heterocycles. The molecule has 2 heterocycles.